The van der Waals surface area contributed by atoms with Gasteiger partial charge in [-0.3, -0.25) is 9.59 Å². The van der Waals surface area contributed by atoms with Crippen LogP contribution in [0.4, 0.5) is 5.69 Å². The number of ether oxygens (including phenoxy) is 1. The Bertz CT molecular complexity index is 595. The second-order valence-electron chi connectivity index (χ2n) is 5.69. The van der Waals surface area contributed by atoms with Gasteiger partial charge in [0.25, 0.3) is 0 Å². The maximum atomic E-state index is 12.0. The van der Waals surface area contributed by atoms with E-state index in [1.165, 1.54) is 4.90 Å². The van der Waals surface area contributed by atoms with E-state index in [4.69, 9.17) is 27.9 Å². The lowest BCUT2D eigenvalue weighted by Crippen LogP contribution is -2.41. The van der Waals surface area contributed by atoms with Crippen LogP contribution in [-0.4, -0.2) is 56.1 Å². The minimum Gasteiger partial charge on any atom is -0.377 e. The molecule has 1 atom stereocenters. The average Bonchev–Trinajstić information content (AvgIpc) is 3.04. The van der Waals surface area contributed by atoms with E-state index in [0.29, 0.717) is 22.3 Å². The van der Waals surface area contributed by atoms with Crippen LogP contribution < -0.4 is 10.6 Å². The number of likely N-dealkylation sites (N-methyl/N-ethyl adjacent to an activating group) is 1. The van der Waals surface area contributed by atoms with Crippen molar-refractivity contribution in [2.75, 3.05) is 38.6 Å². The zero-order valence-electron chi connectivity index (χ0n) is 13.9. The van der Waals surface area contributed by atoms with Crippen molar-refractivity contribution in [1.82, 2.24) is 10.2 Å². The number of hydrogen-bond acceptors (Lipinski definition) is 4. The predicted molar refractivity (Wildman–Crippen MR) is 102 cm³/mol. The van der Waals surface area contributed by atoms with Crippen LogP contribution in [0.1, 0.15) is 12.8 Å². The highest BCUT2D eigenvalue weighted by Gasteiger charge is 2.17. The number of benzene rings is 1. The van der Waals surface area contributed by atoms with Gasteiger partial charge in [-0.1, -0.05) is 23.2 Å². The molecule has 2 N–H and O–H groups in total. The summed E-state index contributed by atoms with van der Waals surface area (Å²) >= 11 is 11.7. The standard InChI is InChI=1S/C16H21Cl2N3O3.ClH/c1-21(16(23)9-19-8-12-3-2-6-24-12)10-15(22)20-11-4-5-13(17)14(18)7-11;/h4-5,7,12,19H,2-3,6,8-10H2,1H3,(H,20,22);1H. The van der Waals surface area contributed by atoms with E-state index in [1.807, 2.05) is 0 Å². The summed E-state index contributed by atoms with van der Waals surface area (Å²) < 4.78 is 5.47. The highest BCUT2D eigenvalue weighted by atomic mass is 35.5. The normalized spacial score (nSPS) is 16.2. The largest absolute Gasteiger partial charge is 0.377 e. The van der Waals surface area contributed by atoms with Crippen LogP contribution >= 0.6 is 35.6 Å². The number of halogens is 3. The summed E-state index contributed by atoms with van der Waals surface area (Å²) in [5.41, 5.74) is 0.534. The number of rotatable bonds is 7. The molecule has 0 aliphatic carbocycles. The second-order valence-corrected chi connectivity index (χ2v) is 6.51. The van der Waals surface area contributed by atoms with Gasteiger partial charge >= 0.3 is 0 Å². The first-order valence-electron chi connectivity index (χ1n) is 7.77. The van der Waals surface area contributed by atoms with Gasteiger partial charge < -0.3 is 20.3 Å². The van der Waals surface area contributed by atoms with Crippen molar-refractivity contribution < 1.29 is 14.3 Å². The molecule has 9 heteroatoms. The third-order valence-corrected chi connectivity index (χ3v) is 4.42. The lowest BCUT2D eigenvalue weighted by molar-refractivity contribution is -0.132. The van der Waals surface area contributed by atoms with E-state index in [1.54, 1.807) is 25.2 Å². The third kappa shape index (κ3) is 7.38. The van der Waals surface area contributed by atoms with Crippen molar-refractivity contribution in [2.45, 2.75) is 18.9 Å². The number of anilines is 1. The molecule has 1 aliphatic rings. The van der Waals surface area contributed by atoms with Gasteiger partial charge in [0, 0.05) is 25.9 Å². The van der Waals surface area contributed by atoms with Crippen molar-refractivity contribution in [3.63, 3.8) is 0 Å². The predicted octanol–water partition coefficient (Wildman–Crippen LogP) is 2.58. The molecule has 0 spiro atoms. The molecule has 1 unspecified atom stereocenters. The molecule has 6 nitrogen and oxygen atoms in total. The van der Waals surface area contributed by atoms with Gasteiger partial charge in [0.1, 0.15) is 0 Å². The molecule has 1 fully saturated rings. The first-order chi connectivity index (χ1) is 11.5. The number of hydrogen-bond donors (Lipinski definition) is 2. The second kappa shape index (κ2) is 10.8. The molecule has 0 bridgehead atoms. The molecule has 2 amide bonds. The highest BCUT2D eigenvalue weighted by Crippen LogP contribution is 2.24. The van der Waals surface area contributed by atoms with Crippen LogP contribution in [0.15, 0.2) is 18.2 Å². The summed E-state index contributed by atoms with van der Waals surface area (Å²) in [5.74, 6) is -0.458. The molecule has 0 radical (unpaired) electrons. The van der Waals surface area contributed by atoms with Crippen LogP contribution in [0.3, 0.4) is 0 Å². The molecular formula is C16H22Cl3N3O3. The zero-order chi connectivity index (χ0) is 17.5. The zero-order valence-corrected chi connectivity index (χ0v) is 16.2. The number of carbonyl (C=O) groups is 2. The van der Waals surface area contributed by atoms with Crippen LogP contribution in [-0.2, 0) is 14.3 Å². The Morgan fingerprint density at radius 2 is 2.08 bits per heavy atom. The Labute approximate surface area is 163 Å². The number of nitrogens with one attached hydrogen (secondary N) is 2. The van der Waals surface area contributed by atoms with Crippen molar-refractivity contribution in [3.05, 3.63) is 28.2 Å². The molecule has 140 valence electrons. The fraction of sp³-hybridized carbons (Fsp3) is 0.500. The number of amides is 2. The van der Waals surface area contributed by atoms with Gasteiger partial charge in [-0.05, 0) is 31.0 Å². The van der Waals surface area contributed by atoms with Crippen LogP contribution in [0.25, 0.3) is 0 Å². The van der Waals surface area contributed by atoms with Crippen LogP contribution in [0, 0.1) is 0 Å². The molecular weight excluding hydrogens is 389 g/mol. The van der Waals surface area contributed by atoms with E-state index in [0.717, 1.165) is 19.4 Å². The molecule has 1 aliphatic heterocycles. The molecule has 25 heavy (non-hydrogen) atoms. The van der Waals surface area contributed by atoms with E-state index < -0.39 is 0 Å². The van der Waals surface area contributed by atoms with Gasteiger partial charge in [0.2, 0.25) is 11.8 Å². The SMILES string of the molecule is CN(CC(=O)Nc1ccc(Cl)c(Cl)c1)C(=O)CNCC1CCCO1.Cl. The smallest absolute Gasteiger partial charge is 0.243 e. The van der Waals surface area contributed by atoms with E-state index in [9.17, 15) is 9.59 Å². The summed E-state index contributed by atoms with van der Waals surface area (Å²) in [6, 6.07) is 4.81. The third-order valence-electron chi connectivity index (χ3n) is 3.68. The topological polar surface area (TPSA) is 70.7 Å². The van der Waals surface area contributed by atoms with Gasteiger partial charge in [-0.15, -0.1) is 12.4 Å². The van der Waals surface area contributed by atoms with Gasteiger partial charge in [-0.2, -0.15) is 0 Å². The van der Waals surface area contributed by atoms with Crippen molar-refractivity contribution in [1.29, 1.82) is 0 Å². The molecule has 2 rings (SSSR count). The number of carbonyl (C=O) groups excluding carboxylic acids is 2. The first kappa shape index (κ1) is 22.0. The van der Waals surface area contributed by atoms with Gasteiger partial charge in [0.15, 0.2) is 0 Å². The summed E-state index contributed by atoms with van der Waals surface area (Å²) in [4.78, 5) is 25.4. The van der Waals surface area contributed by atoms with Crippen molar-refractivity contribution in [2.24, 2.45) is 0 Å². The van der Waals surface area contributed by atoms with E-state index >= 15 is 0 Å². The van der Waals surface area contributed by atoms with E-state index in [-0.39, 0.29) is 43.4 Å². The summed E-state index contributed by atoms with van der Waals surface area (Å²) in [5, 5.41) is 6.52. The fourth-order valence-corrected chi connectivity index (χ4v) is 2.66. The Balaban J connectivity index is 0.00000312. The minimum absolute atomic E-state index is 0. The Kier molecular flexibility index (Phi) is 9.53. The van der Waals surface area contributed by atoms with Crippen LogP contribution in [0.2, 0.25) is 10.0 Å². The lowest BCUT2D eigenvalue weighted by atomic mass is 10.2. The minimum atomic E-state index is -0.302. The fourth-order valence-electron chi connectivity index (χ4n) is 2.36. The van der Waals surface area contributed by atoms with Gasteiger partial charge in [0.05, 0.1) is 29.2 Å². The average molecular weight is 411 g/mol. The highest BCUT2D eigenvalue weighted by molar-refractivity contribution is 6.42. The molecule has 0 aromatic heterocycles. The monoisotopic (exact) mass is 409 g/mol. The van der Waals surface area contributed by atoms with E-state index in [2.05, 4.69) is 10.6 Å². The Hall–Kier alpha value is -1.05. The Morgan fingerprint density at radius 1 is 1.32 bits per heavy atom. The molecule has 1 saturated heterocycles. The maximum absolute atomic E-state index is 12.0. The van der Waals surface area contributed by atoms with Gasteiger partial charge in [-0.25, -0.2) is 0 Å². The molecule has 1 aromatic rings. The van der Waals surface area contributed by atoms with Crippen molar-refractivity contribution >= 4 is 53.1 Å². The Morgan fingerprint density at radius 3 is 2.72 bits per heavy atom. The number of nitrogens with zero attached hydrogens (tertiary/aromatic N) is 1. The molecule has 0 saturated carbocycles. The summed E-state index contributed by atoms with van der Waals surface area (Å²) in [6.07, 6.45) is 2.26. The quantitative estimate of drug-likeness (QED) is 0.725. The van der Waals surface area contributed by atoms with Crippen molar-refractivity contribution in [3.8, 4) is 0 Å². The maximum Gasteiger partial charge on any atom is 0.243 e. The lowest BCUT2D eigenvalue weighted by Gasteiger charge is -2.18. The molecule has 1 aromatic carbocycles. The van der Waals surface area contributed by atoms with Crippen LogP contribution in [0.5, 0.6) is 0 Å². The molecule has 1 heterocycles. The summed E-state index contributed by atoms with van der Waals surface area (Å²) in [6.45, 7) is 1.57. The summed E-state index contributed by atoms with van der Waals surface area (Å²) in [7, 11) is 1.59. The first-order valence-corrected chi connectivity index (χ1v) is 8.52.